The first-order valence-corrected chi connectivity index (χ1v) is 18.6. The van der Waals surface area contributed by atoms with Crippen LogP contribution < -0.4 is 4.90 Å². The lowest BCUT2D eigenvalue weighted by Gasteiger charge is -2.26. The molecule has 244 valence electrons. The average Bonchev–Trinajstić information content (AvgIpc) is 3.61. The van der Waals surface area contributed by atoms with E-state index in [0.717, 1.165) is 11.4 Å². The molecule has 0 bridgehead atoms. The SMILES string of the molecule is c1ccc(-c2cccc3cccc(-c4ccc(N(c5ccc(-c6cccc7ccccc67)cc5)c5cccc6c5sc5ccccc56)cc4)c23)cc1. The van der Waals surface area contributed by atoms with Gasteiger partial charge in [0.1, 0.15) is 0 Å². The Bertz CT molecular complexity index is 2870. The lowest BCUT2D eigenvalue weighted by Crippen LogP contribution is -2.10. The summed E-state index contributed by atoms with van der Waals surface area (Å²) in [7, 11) is 0. The summed E-state index contributed by atoms with van der Waals surface area (Å²) < 4.78 is 2.59. The third-order valence-corrected chi connectivity index (χ3v) is 11.5. The van der Waals surface area contributed by atoms with Gasteiger partial charge in [0.2, 0.25) is 0 Å². The van der Waals surface area contributed by atoms with Crippen LogP contribution in [0.3, 0.4) is 0 Å². The van der Waals surface area contributed by atoms with E-state index in [1.807, 2.05) is 11.3 Å². The summed E-state index contributed by atoms with van der Waals surface area (Å²) in [6, 6.07) is 72.9. The van der Waals surface area contributed by atoms with Crippen molar-refractivity contribution >= 4 is 70.1 Å². The molecule has 0 saturated carbocycles. The van der Waals surface area contributed by atoms with Gasteiger partial charge >= 0.3 is 0 Å². The molecule has 0 fully saturated rings. The monoisotopic (exact) mass is 679 g/mol. The lowest BCUT2D eigenvalue weighted by atomic mass is 9.91. The van der Waals surface area contributed by atoms with E-state index >= 15 is 0 Å². The molecule has 0 spiro atoms. The first-order chi connectivity index (χ1) is 25.8. The smallest absolute Gasteiger partial charge is 0.0640 e. The number of thiophene rings is 1. The number of anilines is 3. The summed E-state index contributed by atoms with van der Waals surface area (Å²) in [5, 5.41) is 7.63. The number of rotatable bonds is 6. The molecule has 0 saturated heterocycles. The third kappa shape index (κ3) is 5.16. The van der Waals surface area contributed by atoms with Crippen molar-refractivity contribution in [3.63, 3.8) is 0 Å². The molecule has 2 heteroatoms. The van der Waals surface area contributed by atoms with Crippen LogP contribution in [0.1, 0.15) is 0 Å². The van der Waals surface area contributed by atoms with Crippen LogP contribution in [0.15, 0.2) is 200 Å². The van der Waals surface area contributed by atoms with E-state index in [2.05, 4.69) is 205 Å². The summed E-state index contributed by atoms with van der Waals surface area (Å²) in [6.45, 7) is 0. The Kier molecular flexibility index (Phi) is 7.41. The van der Waals surface area contributed by atoms with E-state index in [-0.39, 0.29) is 0 Å². The molecule has 1 aromatic heterocycles. The van der Waals surface area contributed by atoms with E-state index in [0.29, 0.717) is 0 Å². The maximum Gasteiger partial charge on any atom is 0.0640 e. The highest BCUT2D eigenvalue weighted by Gasteiger charge is 2.19. The van der Waals surface area contributed by atoms with Crippen molar-refractivity contribution in [1.82, 2.24) is 0 Å². The molecule has 1 nitrogen and oxygen atoms in total. The standard InChI is InChI=1S/C50H33NS/c1-2-12-35(13-3-1)43-21-9-16-38-17-10-22-44(49(38)43)37-28-32-40(33-29-37)51(47-24-11-23-46-45-19-6-7-25-48(45)52-50(46)47)39-30-26-36(27-31-39)42-20-8-15-34-14-4-5-18-41(34)42/h1-33H. The van der Waals surface area contributed by atoms with E-state index in [1.54, 1.807) is 0 Å². The summed E-state index contributed by atoms with van der Waals surface area (Å²) in [5.41, 5.74) is 10.8. The van der Waals surface area contributed by atoms with Gasteiger partial charge in [0, 0.05) is 26.8 Å². The van der Waals surface area contributed by atoms with Gasteiger partial charge in [0.25, 0.3) is 0 Å². The topological polar surface area (TPSA) is 3.24 Å². The average molecular weight is 680 g/mol. The number of hydrogen-bond donors (Lipinski definition) is 0. The lowest BCUT2D eigenvalue weighted by molar-refractivity contribution is 1.30. The van der Waals surface area contributed by atoms with Gasteiger partial charge in [-0.15, -0.1) is 11.3 Å². The van der Waals surface area contributed by atoms with Crippen molar-refractivity contribution in [1.29, 1.82) is 0 Å². The van der Waals surface area contributed by atoms with Crippen molar-refractivity contribution in [2.75, 3.05) is 4.90 Å². The Labute approximate surface area is 307 Å². The highest BCUT2D eigenvalue weighted by Crippen LogP contribution is 2.46. The Morgan fingerprint density at radius 2 is 0.827 bits per heavy atom. The molecule has 9 aromatic carbocycles. The molecule has 0 N–H and O–H groups in total. The largest absolute Gasteiger partial charge is 0.309 e. The first-order valence-electron chi connectivity index (χ1n) is 17.8. The molecule has 0 atom stereocenters. The fraction of sp³-hybridized carbons (Fsp3) is 0. The van der Waals surface area contributed by atoms with Crippen LogP contribution in [0.25, 0.3) is 75.1 Å². The van der Waals surface area contributed by atoms with Crippen LogP contribution in [0.5, 0.6) is 0 Å². The second kappa shape index (κ2) is 12.7. The minimum absolute atomic E-state index is 1.12. The van der Waals surface area contributed by atoms with Crippen molar-refractivity contribution in [2.45, 2.75) is 0 Å². The summed E-state index contributed by atoms with van der Waals surface area (Å²) in [5.74, 6) is 0. The Morgan fingerprint density at radius 3 is 1.54 bits per heavy atom. The van der Waals surface area contributed by atoms with Gasteiger partial charge in [-0.05, 0) is 91.3 Å². The van der Waals surface area contributed by atoms with Crippen LogP contribution in [0.2, 0.25) is 0 Å². The van der Waals surface area contributed by atoms with Crippen molar-refractivity contribution in [3.8, 4) is 33.4 Å². The van der Waals surface area contributed by atoms with Crippen LogP contribution in [0, 0.1) is 0 Å². The zero-order chi connectivity index (χ0) is 34.4. The number of nitrogens with zero attached hydrogens (tertiary/aromatic N) is 1. The zero-order valence-electron chi connectivity index (χ0n) is 28.4. The highest BCUT2D eigenvalue weighted by atomic mass is 32.1. The van der Waals surface area contributed by atoms with Crippen LogP contribution >= 0.6 is 11.3 Å². The first kappa shape index (κ1) is 30.4. The van der Waals surface area contributed by atoms with E-state index in [1.165, 1.54) is 80.8 Å². The summed E-state index contributed by atoms with van der Waals surface area (Å²) in [6.07, 6.45) is 0. The van der Waals surface area contributed by atoms with Gasteiger partial charge in [-0.2, -0.15) is 0 Å². The molecule has 10 aromatic rings. The van der Waals surface area contributed by atoms with Crippen LogP contribution in [0.4, 0.5) is 17.1 Å². The molecule has 10 rings (SSSR count). The predicted molar refractivity (Wildman–Crippen MR) is 225 cm³/mol. The molecular weight excluding hydrogens is 647 g/mol. The molecule has 0 aliphatic heterocycles. The predicted octanol–water partition coefficient (Wildman–Crippen LogP) is 14.8. The van der Waals surface area contributed by atoms with Crippen molar-refractivity contribution in [2.24, 2.45) is 0 Å². The molecule has 52 heavy (non-hydrogen) atoms. The van der Waals surface area contributed by atoms with Gasteiger partial charge in [-0.25, -0.2) is 0 Å². The number of fused-ring (bicyclic) bond motifs is 5. The maximum atomic E-state index is 2.42. The Hall–Kier alpha value is -6.48. The second-order valence-corrected chi connectivity index (χ2v) is 14.3. The highest BCUT2D eigenvalue weighted by molar-refractivity contribution is 7.26. The quantitative estimate of drug-likeness (QED) is 0.169. The van der Waals surface area contributed by atoms with Gasteiger partial charge < -0.3 is 4.90 Å². The van der Waals surface area contributed by atoms with E-state index in [4.69, 9.17) is 0 Å². The Morgan fingerprint density at radius 1 is 0.327 bits per heavy atom. The molecule has 1 heterocycles. The van der Waals surface area contributed by atoms with E-state index < -0.39 is 0 Å². The van der Waals surface area contributed by atoms with Crippen LogP contribution in [-0.2, 0) is 0 Å². The van der Waals surface area contributed by atoms with Crippen molar-refractivity contribution < 1.29 is 0 Å². The van der Waals surface area contributed by atoms with E-state index in [9.17, 15) is 0 Å². The minimum atomic E-state index is 1.12. The third-order valence-electron chi connectivity index (χ3n) is 10.3. The molecule has 0 radical (unpaired) electrons. The van der Waals surface area contributed by atoms with Gasteiger partial charge in [-0.3, -0.25) is 0 Å². The molecular formula is C50H33NS. The maximum absolute atomic E-state index is 2.42. The Balaban J connectivity index is 1.12. The van der Waals surface area contributed by atoms with Crippen LogP contribution in [-0.4, -0.2) is 0 Å². The molecule has 0 unspecified atom stereocenters. The molecule has 0 aliphatic carbocycles. The molecule has 0 aliphatic rings. The minimum Gasteiger partial charge on any atom is -0.309 e. The fourth-order valence-corrected chi connectivity index (χ4v) is 9.04. The second-order valence-electron chi connectivity index (χ2n) is 13.3. The summed E-state index contributed by atoms with van der Waals surface area (Å²) >= 11 is 1.87. The van der Waals surface area contributed by atoms with Gasteiger partial charge in [0.15, 0.2) is 0 Å². The fourth-order valence-electron chi connectivity index (χ4n) is 7.83. The number of hydrogen-bond acceptors (Lipinski definition) is 2. The normalized spacial score (nSPS) is 11.5. The zero-order valence-corrected chi connectivity index (χ0v) is 29.2. The van der Waals surface area contributed by atoms with Crippen molar-refractivity contribution in [3.05, 3.63) is 200 Å². The number of benzene rings is 9. The summed E-state index contributed by atoms with van der Waals surface area (Å²) in [4.78, 5) is 2.42. The van der Waals surface area contributed by atoms with Gasteiger partial charge in [0.05, 0.1) is 10.4 Å². The van der Waals surface area contributed by atoms with Gasteiger partial charge in [-0.1, -0.05) is 164 Å². The molecule has 0 amide bonds.